The first-order chi connectivity index (χ1) is 6.66. The van der Waals surface area contributed by atoms with Gasteiger partial charge in [-0.2, -0.15) is 5.26 Å². The van der Waals surface area contributed by atoms with Crippen LogP contribution in [0.5, 0.6) is 0 Å². The first-order valence-electron chi connectivity index (χ1n) is 4.22. The summed E-state index contributed by atoms with van der Waals surface area (Å²) >= 11 is 0. The topological polar surface area (TPSA) is 35.8 Å². The van der Waals surface area contributed by atoms with E-state index in [1.54, 1.807) is 6.92 Å². The molecular weight excluding hydrogens is 186 g/mol. The first kappa shape index (κ1) is 10.5. The minimum Gasteiger partial charge on any atom is -0.379 e. The van der Waals surface area contributed by atoms with Crippen molar-refractivity contribution in [1.82, 2.24) is 0 Å². The minimum atomic E-state index is -0.633. The third kappa shape index (κ3) is 2.19. The van der Waals surface area contributed by atoms with Crippen LogP contribution in [0.3, 0.4) is 0 Å². The molecule has 0 aliphatic heterocycles. The van der Waals surface area contributed by atoms with E-state index in [1.165, 1.54) is 12.1 Å². The second kappa shape index (κ2) is 4.56. The van der Waals surface area contributed by atoms with Crippen molar-refractivity contribution in [3.05, 3.63) is 29.3 Å². The predicted molar refractivity (Wildman–Crippen MR) is 49.8 cm³/mol. The largest absolute Gasteiger partial charge is 0.379 e. The molecule has 1 N–H and O–H groups in total. The van der Waals surface area contributed by atoms with E-state index in [2.05, 4.69) is 5.32 Å². The number of anilines is 1. The van der Waals surface area contributed by atoms with Crippen molar-refractivity contribution < 1.29 is 8.78 Å². The molecule has 0 aliphatic carbocycles. The van der Waals surface area contributed by atoms with Crippen LogP contribution >= 0.6 is 0 Å². The van der Waals surface area contributed by atoms with Crippen molar-refractivity contribution >= 4 is 5.69 Å². The van der Waals surface area contributed by atoms with Crippen LogP contribution in [0, 0.1) is 29.9 Å². The van der Waals surface area contributed by atoms with Gasteiger partial charge in [-0.25, -0.2) is 8.78 Å². The van der Waals surface area contributed by atoms with Gasteiger partial charge < -0.3 is 5.32 Å². The summed E-state index contributed by atoms with van der Waals surface area (Å²) < 4.78 is 26.4. The van der Waals surface area contributed by atoms with Gasteiger partial charge in [0, 0.05) is 6.54 Å². The Kier molecular flexibility index (Phi) is 3.41. The van der Waals surface area contributed by atoms with E-state index in [-0.39, 0.29) is 18.7 Å². The lowest BCUT2D eigenvalue weighted by Gasteiger charge is -2.08. The maximum absolute atomic E-state index is 13.3. The lowest BCUT2D eigenvalue weighted by Crippen LogP contribution is -2.05. The zero-order chi connectivity index (χ0) is 10.6. The Hall–Kier alpha value is -1.63. The highest BCUT2D eigenvalue weighted by molar-refractivity contribution is 5.48. The molecule has 14 heavy (non-hydrogen) atoms. The van der Waals surface area contributed by atoms with Crippen LogP contribution in [0.15, 0.2) is 12.1 Å². The average Bonchev–Trinajstić information content (AvgIpc) is 2.18. The normalized spacial score (nSPS) is 9.57. The van der Waals surface area contributed by atoms with Crippen molar-refractivity contribution in [3.8, 4) is 6.07 Å². The lowest BCUT2D eigenvalue weighted by molar-refractivity contribution is 0.582. The molecule has 0 unspecified atom stereocenters. The standard InChI is InChI=1S/C10H10F2N2/c1-7-3-4-8(11)10(9(7)12)14-6-2-5-13/h3-4,14H,2,6H2,1H3. The Balaban J connectivity index is 2.85. The Bertz CT molecular complexity index is 369. The van der Waals surface area contributed by atoms with Gasteiger partial charge in [0.05, 0.1) is 12.5 Å². The smallest absolute Gasteiger partial charge is 0.152 e. The summed E-state index contributed by atoms with van der Waals surface area (Å²) in [5.41, 5.74) is 0.228. The van der Waals surface area contributed by atoms with Crippen LogP contribution in [-0.2, 0) is 0 Å². The summed E-state index contributed by atoms with van der Waals surface area (Å²) in [7, 11) is 0. The third-order valence-corrected chi connectivity index (χ3v) is 1.82. The van der Waals surface area contributed by atoms with E-state index >= 15 is 0 Å². The minimum absolute atomic E-state index is 0.153. The molecule has 0 fully saturated rings. The highest BCUT2D eigenvalue weighted by Crippen LogP contribution is 2.21. The lowest BCUT2D eigenvalue weighted by atomic mass is 10.2. The number of nitrogens with zero attached hydrogens (tertiary/aromatic N) is 1. The molecule has 74 valence electrons. The van der Waals surface area contributed by atoms with Crippen LogP contribution in [0.4, 0.5) is 14.5 Å². The zero-order valence-electron chi connectivity index (χ0n) is 7.77. The van der Waals surface area contributed by atoms with Gasteiger partial charge in [-0.15, -0.1) is 0 Å². The van der Waals surface area contributed by atoms with Crippen LogP contribution < -0.4 is 5.32 Å². The number of benzene rings is 1. The molecule has 0 spiro atoms. The first-order valence-corrected chi connectivity index (χ1v) is 4.22. The number of aryl methyl sites for hydroxylation is 1. The number of hydrogen-bond acceptors (Lipinski definition) is 2. The van der Waals surface area contributed by atoms with Crippen molar-refractivity contribution in [2.24, 2.45) is 0 Å². The van der Waals surface area contributed by atoms with E-state index in [0.717, 1.165) is 0 Å². The van der Waals surface area contributed by atoms with Gasteiger partial charge in [-0.1, -0.05) is 6.07 Å². The fourth-order valence-electron chi connectivity index (χ4n) is 1.06. The quantitative estimate of drug-likeness (QED) is 0.754. The van der Waals surface area contributed by atoms with Gasteiger partial charge in [0.15, 0.2) is 5.82 Å². The van der Waals surface area contributed by atoms with Crippen LogP contribution in [0.1, 0.15) is 12.0 Å². The molecule has 1 rings (SSSR count). The Morgan fingerprint density at radius 1 is 1.43 bits per heavy atom. The molecule has 1 aromatic rings. The van der Waals surface area contributed by atoms with Gasteiger partial charge >= 0.3 is 0 Å². The molecule has 0 aromatic heterocycles. The second-order valence-electron chi connectivity index (χ2n) is 2.89. The van der Waals surface area contributed by atoms with Gasteiger partial charge in [-0.05, 0) is 18.6 Å². The number of halogens is 2. The van der Waals surface area contributed by atoms with Crippen molar-refractivity contribution in [3.63, 3.8) is 0 Å². The monoisotopic (exact) mass is 196 g/mol. The fraction of sp³-hybridized carbons (Fsp3) is 0.300. The number of hydrogen-bond donors (Lipinski definition) is 1. The van der Waals surface area contributed by atoms with Gasteiger partial charge in [0.1, 0.15) is 11.5 Å². The van der Waals surface area contributed by atoms with E-state index in [9.17, 15) is 8.78 Å². The Labute approximate surface area is 81.2 Å². The molecule has 0 aliphatic rings. The van der Waals surface area contributed by atoms with E-state index in [4.69, 9.17) is 5.26 Å². The predicted octanol–water partition coefficient (Wildman–Crippen LogP) is 2.60. The molecule has 0 saturated carbocycles. The van der Waals surface area contributed by atoms with Gasteiger partial charge in [0.2, 0.25) is 0 Å². The third-order valence-electron chi connectivity index (χ3n) is 1.82. The molecule has 0 radical (unpaired) electrons. The number of nitriles is 1. The summed E-state index contributed by atoms with van der Waals surface area (Å²) in [6.45, 7) is 1.80. The van der Waals surface area contributed by atoms with E-state index in [0.29, 0.717) is 5.56 Å². The molecule has 2 nitrogen and oxygen atoms in total. The maximum atomic E-state index is 13.3. The van der Waals surface area contributed by atoms with E-state index in [1.807, 2.05) is 6.07 Å². The summed E-state index contributed by atoms with van der Waals surface area (Å²) in [6, 6.07) is 4.46. The van der Waals surface area contributed by atoms with Gasteiger partial charge in [0.25, 0.3) is 0 Å². The molecule has 0 atom stereocenters. The zero-order valence-corrected chi connectivity index (χ0v) is 7.77. The molecule has 0 saturated heterocycles. The molecule has 0 amide bonds. The van der Waals surface area contributed by atoms with Gasteiger partial charge in [-0.3, -0.25) is 0 Å². The second-order valence-corrected chi connectivity index (χ2v) is 2.89. The van der Waals surface area contributed by atoms with Crippen LogP contribution in [0.25, 0.3) is 0 Å². The van der Waals surface area contributed by atoms with Crippen molar-refractivity contribution in [1.29, 1.82) is 5.26 Å². The highest BCUT2D eigenvalue weighted by atomic mass is 19.1. The van der Waals surface area contributed by atoms with Crippen LogP contribution in [0.2, 0.25) is 0 Å². The molecule has 1 aromatic carbocycles. The molecular formula is C10H10F2N2. The molecule has 0 bridgehead atoms. The SMILES string of the molecule is Cc1ccc(F)c(NCCC#N)c1F. The average molecular weight is 196 g/mol. The molecule has 4 heteroatoms. The molecule has 0 heterocycles. The maximum Gasteiger partial charge on any atom is 0.152 e. The highest BCUT2D eigenvalue weighted by Gasteiger charge is 2.09. The number of nitrogens with one attached hydrogen (secondary N) is 1. The summed E-state index contributed by atoms with van der Waals surface area (Å²) in [6.07, 6.45) is 0.215. The van der Waals surface area contributed by atoms with Crippen molar-refractivity contribution in [2.45, 2.75) is 13.3 Å². The fourth-order valence-corrected chi connectivity index (χ4v) is 1.06. The van der Waals surface area contributed by atoms with Crippen LogP contribution in [-0.4, -0.2) is 6.54 Å². The van der Waals surface area contributed by atoms with Crippen molar-refractivity contribution in [2.75, 3.05) is 11.9 Å². The number of rotatable bonds is 3. The Morgan fingerprint density at radius 3 is 2.79 bits per heavy atom. The van der Waals surface area contributed by atoms with E-state index < -0.39 is 11.6 Å². The summed E-state index contributed by atoms with van der Waals surface area (Å²) in [5.74, 6) is -1.23. The summed E-state index contributed by atoms with van der Waals surface area (Å²) in [5, 5.41) is 10.8. The summed E-state index contributed by atoms with van der Waals surface area (Å²) in [4.78, 5) is 0. The Morgan fingerprint density at radius 2 is 2.14 bits per heavy atom.